The summed E-state index contributed by atoms with van der Waals surface area (Å²) in [6.07, 6.45) is -4.61. The lowest BCUT2D eigenvalue weighted by Crippen LogP contribution is -2.17. The van der Waals surface area contributed by atoms with E-state index in [1.54, 1.807) is 12.1 Å². The molecule has 1 aromatic heterocycles. The number of amidine groups is 1. The van der Waals surface area contributed by atoms with Crippen LogP contribution in [-0.2, 0) is 6.18 Å². The Labute approximate surface area is 148 Å². The number of H-pyrrole nitrogens is 1. The number of anilines is 1. The van der Waals surface area contributed by atoms with Crippen LogP contribution in [0.2, 0.25) is 10.0 Å². The number of imidazole rings is 1. The molecular formula is C13H6Cl2F3N7. The maximum absolute atomic E-state index is 12.7. The van der Waals surface area contributed by atoms with Crippen LogP contribution in [0.3, 0.4) is 0 Å². The maximum atomic E-state index is 12.7. The summed E-state index contributed by atoms with van der Waals surface area (Å²) in [6, 6.07) is 4.76. The summed E-state index contributed by atoms with van der Waals surface area (Å²) in [6.45, 7) is 0. The van der Waals surface area contributed by atoms with E-state index in [0.717, 1.165) is 0 Å². The molecule has 0 saturated heterocycles. The van der Waals surface area contributed by atoms with Crippen molar-refractivity contribution in [3.63, 3.8) is 0 Å². The number of alkyl halides is 3. The van der Waals surface area contributed by atoms with Crippen LogP contribution in [0.4, 0.5) is 18.9 Å². The van der Waals surface area contributed by atoms with Crippen molar-refractivity contribution in [1.29, 1.82) is 10.5 Å². The molecule has 0 aliphatic rings. The normalized spacial score (nSPS) is 11.7. The lowest BCUT2D eigenvalue weighted by atomic mass is 10.2. The van der Waals surface area contributed by atoms with Crippen LogP contribution in [0.5, 0.6) is 0 Å². The van der Waals surface area contributed by atoms with Crippen LogP contribution >= 0.6 is 23.2 Å². The first-order valence-electron chi connectivity index (χ1n) is 6.23. The first-order valence-corrected chi connectivity index (χ1v) is 6.99. The van der Waals surface area contributed by atoms with Crippen LogP contribution < -0.4 is 11.2 Å². The van der Waals surface area contributed by atoms with Gasteiger partial charge in [0.05, 0.1) is 21.3 Å². The first-order chi connectivity index (χ1) is 11.7. The molecule has 0 saturated carbocycles. The van der Waals surface area contributed by atoms with E-state index in [1.165, 1.54) is 0 Å². The fourth-order valence-corrected chi connectivity index (χ4v) is 2.24. The summed E-state index contributed by atoms with van der Waals surface area (Å²) in [5, 5.41) is 20.7. The van der Waals surface area contributed by atoms with Crippen LogP contribution in [0.1, 0.15) is 22.8 Å². The Morgan fingerprint density at radius 2 is 1.84 bits per heavy atom. The Kier molecular flexibility index (Phi) is 5.07. The van der Waals surface area contributed by atoms with Gasteiger partial charge in [0.25, 0.3) is 0 Å². The van der Waals surface area contributed by atoms with Crippen LogP contribution in [-0.4, -0.2) is 15.8 Å². The molecule has 0 aliphatic heterocycles. The third kappa shape index (κ3) is 3.94. The molecule has 25 heavy (non-hydrogen) atoms. The van der Waals surface area contributed by atoms with E-state index in [9.17, 15) is 13.2 Å². The molecule has 1 aromatic carbocycles. The van der Waals surface area contributed by atoms with Crippen LogP contribution in [0.25, 0.3) is 0 Å². The smallest absolute Gasteiger partial charge is 0.379 e. The Bertz CT molecular complexity index is 880. The number of hydrogen-bond donors (Lipinski definition) is 3. The second-order valence-electron chi connectivity index (χ2n) is 4.45. The zero-order valence-corrected chi connectivity index (χ0v) is 13.4. The van der Waals surface area contributed by atoms with Crippen molar-refractivity contribution in [2.75, 3.05) is 5.43 Å². The van der Waals surface area contributed by atoms with Gasteiger partial charge < -0.3 is 10.7 Å². The summed E-state index contributed by atoms with van der Waals surface area (Å²) in [5.74, 6) is -0.357. The van der Waals surface area contributed by atoms with Gasteiger partial charge in [-0.3, -0.25) is 5.43 Å². The highest BCUT2D eigenvalue weighted by Crippen LogP contribution is 2.38. The lowest BCUT2D eigenvalue weighted by Gasteiger charge is -2.11. The number of nitriles is 2. The van der Waals surface area contributed by atoms with E-state index < -0.39 is 11.7 Å². The zero-order chi connectivity index (χ0) is 18.8. The molecular weight excluding hydrogens is 382 g/mol. The second-order valence-corrected chi connectivity index (χ2v) is 5.27. The number of halogens is 5. The molecule has 4 N–H and O–H groups in total. The van der Waals surface area contributed by atoms with Gasteiger partial charge in [0, 0.05) is 0 Å². The molecule has 0 aliphatic carbocycles. The number of nitrogens with one attached hydrogen (secondary N) is 2. The van der Waals surface area contributed by atoms with Gasteiger partial charge in [-0.1, -0.05) is 23.2 Å². The van der Waals surface area contributed by atoms with Gasteiger partial charge in [-0.15, -0.1) is 0 Å². The predicted octanol–water partition coefficient (Wildman–Crippen LogP) is 3.21. The van der Waals surface area contributed by atoms with E-state index in [0.29, 0.717) is 12.1 Å². The molecule has 0 amide bonds. The third-order valence-corrected chi connectivity index (χ3v) is 3.42. The standard InChI is InChI=1S/C13H6Cl2F3N7/c14-6-1-5(13(16,17)18)2-7(15)10(6)24-25-11(21)12-22-8(3-19)9(4-20)23-12/h1-2,24H,(H2,21,25)(H,22,23). The minimum absolute atomic E-state index is 0.0836. The zero-order valence-electron chi connectivity index (χ0n) is 11.9. The molecule has 12 heteroatoms. The Morgan fingerprint density at radius 1 is 1.24 bits per heavy atom. The molecule has 7 nitrogen and oxygen atoms in total. The van der Waals surface area contributed by atoms with Crippen molar-refractivity contribution >= 4 is 34.7 Å². The Hall–Kier alpha value is -2.95. The Morgan fingerprint density at radius 3 is 2.28 bits per heavy atom. The number of nitrogens with two attached hydrogens (primary N) is 1. The predicted molar refractivity (Wildman–Crippen MR) is 83.8 cm³/mol. The monoisotopic (exact) mass is 387 g/mol. The molecule has 2 rings (SSSR count). The molecule has 0 fully saturated rings. The van der Waals surface area contributed by atoms with Crippen LogP contribution in [0, 0.1) is 22.7 Å². The lowest BCUT2D eigenvalue weighted by molar-refractivity contribution is -0.137. The van der Waals surface area contributed by atoms with Crippen molar-refractivity contribution in [2.24, 2.45) is 10.8 Å². The van der Waals surface area contributed by atoms with E-state index in [2.05, 4.69) is 20.5 Å². The van der Waals surface area contributed by atoms with Gasteiger partial charge in [-0.05, 0) is 12.1 Å². The summed E-state index contributed by atoms with van der Waals surface area (Å²) < 4.78 is 38.0. The van der Waals surface area contributed by atoms with E-state index >= 15 is 0 Å². The molecule has 0 unspecified atom stereocenters. The largest absolute Gasteiger partial charge is 0.416 e. The van der Waals surface area contributed by atoms with Crippen molar-refractivity contribution in [1.82, 2.24) is 9.97 Å². The van der Waals surface area contributed by atoms with Gasteiger partial charge in [-0.25, -0.2) is 4.98 Å². The fourth-order valence-electron chi connectivity index (χ4n) is 1.67. The first kappa shape index (κ1) is 18.4. The fraction of sp³-hybridized carbons (Fsp3) is 0.0769. The highest BCUT2D eigenvalue weighted by Gasteiger charge is 2.32. The quantitative estimate of drug-likeness (QED) is 0.423. The number of aromatic amines is 1. The number of nitrogens with zero attached hydrogens (tertiary/aromatic N) is 4. The van der Waals surface area contributed by atoms with Crippen molar-refractivity contribution in [2.45, 2.75) is 6.18 Å². The molecule has 0 radical (unpaired) electrons. The number of rotatable bonds is 3. The molecule has 1 heterocycles. The summed E-state index contributed by atoms with van der Waals surface area (Å²) in [7, 11) is 0. The number of benzene rings is 1. The number of hydrogen-bond acceptors (Lipinski definition) is 5. The number of hydrazone groups is 1. The van der Waals surface area contributed by atoms with Crippen molar-refractivity contribution in [3.8, 4) is 12.1 Å². The summed E-state index contributed by atoms with van der Waals surface area (Å²) in [5.41, 5.74) is 6.56. The molecule has 0 atom stereocenters. The highest BCUT2D eigenvalue weighted by atomic mass is 35.5. The second kappa shape index (κ2) is 6.89. The molecule has 0 spiro atoms. The van der Waals surface area contributed by atoms with Gasteiger partial charge in [-0.2, -0.15) is 28.8 Å². The van der Waals surface area contributed by atoms with Crippen molar-refractivity contribution < 1.29 is 13.2 Å². The Balaban J connectivity index is 2.32. The van der Waals surface area contributed by atoms with Crippen molar-refractivity contribution in [3.05, 3.63) is 45.0 Å². The number of aromatic nitrogens is 2. The highest BCUT2D eigenvalue weighted by molar-refractivity contribution is 6.39. The van der Waals surface area contributed by atoms with Gasteiger partial charge in [0.2, 0.25) is 0 Å². The van der Waals surface area contributed by atoms with Gasteiger partial charge in [0.1, 0.15) is 12.1 Å². The minimum atomic E-state index is -4.61. The SMILES string of the molecule is N#Cc1nc(C(N)=NNc2c(Cl)cc(C(F)(F)F)cc2Cl)[nH]c1C#N. The third-order valence-electron chi connectivity index (χ3n) is 2.82. The average Bonchev–Trinajstić information content (AvgIpc) is 2.96. The van der Waals surface area contributed by atoms with E-state index in [4.69, 9.17) is 39.5 Å². The summed E-state index contributed by atoms with van der Waals surface area (Å²) >= 11 is 11.6. The molecule has 0 bridgehead atoms. The van der Waals surface area contributed by atoms with E-state index in [1.807, 2.05) is 0 Å². The molecule has 2 aromatic rings. The van der Waals surface area contributed by atoms with Crippen LogP contribution in [0.15, 0.2) is 17.2 Å². The maximum Gasteiger partial charge on any atom is 0.416 e. The summed E-state index contributed by atoms with van der Waals surface area (Å²) in [4.78, 5) is 6.22. The van der Waals surface area contributed by atoms with Gasteiger partial charge >= 0.3 is 6.18 Å². The topological polar surface area (TPSA) is 127 Å². The van der Waals surface area contributed by atoms with Gasteiger partial charge in [0.15, 0.2) is 23.0 Å². The minimum Gasteiger partial charge on any atom is -0.379 e. The average molecular weight is 388 g/mol. The van der Waals surface area contributed by atoms with E-state index in [-0.39, 0.29) is 38.8 Å². The molecule has 128 valence electrons.